The van der Waals surface area contributed by atoms with Gasteiger partial charge < -0.3 is 4.74 Å². The van der Waals surface area contributed by atoms with Crippen molar-refractivity contribution in [3.05, 3.63) is 64.4 Å². The quantitative estimate of drug-likeness (QED) is 0.541. The first-order chi connectivity index (χ1) is 14.7. The Bertz CT molecular complexity index is 1160. The lowest BCUT2D eigenvalue weighted by Crippen LogP contribution is -2.34. The van der Waals surface area contributed by atoms with E-state index in [-0.39, 0.29) is 11.5 Å². The average molecular weight is 423 g/mol. The van der Waals surface area contributed by atoms with Gasteiger partial charge in [0.15, 0.2) is 0 Å². The van der Waals surface area contributed by atoms with Crippen LogP contribution >= 0.6 is 0 Å². The van der Waals surface area contributed by atoms with Gasteiger partial charge in [-0.2, -0.15) is 0 Å². The summed E-state index contributed by atoms with van der Waals surface area (Å²) >= 11 is 0. The van der Waals surface area contributed by atoms with Crippen LogP contribution in [0.25, 0.3) is 10.9 Å². The summed E-state index contributed by atoms with van der Waals surface area (Å²) in [5, 5.41) is 3.11. The zero-order valence-electron chi connectivity index (χ0n) is 17.9. The van der Waals surface area contributed by atoms with Gasteiger partial charge in [-0.05, 0) is 64.1 Å². The fourth-order valence-electron chi connectivity index (χ4n) is 2.87. The Morgan fingerprint density at radius 1 is 1.06 bits per heavy atom. The number of hydrogen-bond donors (Lipinski definition) is 3. The van der Waals surface area contributed by atoms with Gasteiger partial charge in [-0.1, -0.05) is 12.1 Å². The third kappa shape index (κ3) is 5.39. The number of nitrogens with zero attached hydrogens (tertiary/aromatic N) is 2. The van der Waals surface area contributed by atoms with Crippen molar-refractivity contribution in [1.29, 1.82) is 0 Å². The molecule has 0 spiro atoms. The summed E-state index contributed by atoms with van der Waals surface area (Å²) < 4.78 is 6.64. The lowest BCUT2D eigenvalue weighted by molar-refractivity contribution is 0.0635. The third-order valence-corrected chi connectivity index (χ3v) is 4.26. The molecule has 3 N–H and O–H groups in total. The molecule has 0 unspecified atom stereocenters. The number of hydrazine groups is 1. The van der Waals surface area contributed by atoms with E-state index >= 15 is 0 Å². The van der Waals surface area contributed by atoms with Crippen molar-refractivity contribution in [3.63, 3.8) is 0 Å². The maximum atomic E-state index is 12.6. The Balaban J connectivity index is 1.69. The van der Waals surface area contributed by atoms with Crippen LogP contribution in [-0.4, -0.2) is 27.2 Å². The Morgan fingerprint density at radius 2 is 1.74 bits per heavy atom. The van der Waals surface area contributed by atoms with Gasteiger partial charge in [0.25, 0.3) is 11.5 Å². The van der Waals surface area contributed by atoms with Gasteiger partial charge in [0, 0.05) is 17.8 Å². The molecule has 0 atom stereocenters. The van der Waals surface area contributed by atoms with E-state index in [0.29, 0.717) is 28.7 Å². The number of benzene rings is 2. The lowest BCUT2D eigenvalue weighted by Gasteiger charge is -2.19. The van der Waals surface area contributed by atoms with E-state index in [9.17, 15) is 14.4 Å². The number of anilines is 2. The van der Waals surface area contributed by atoms with Crippen LogP contribution in [0.5, 0.6) is 0 Å². The molecule has 9 heteroatoms. The van der Waals surface area contributed by atoms with E-state index in [2.05, 4.69) is 21.2 Å². The molecule has 0 radical (unpaired) electrons. The SMILES string of the molecule is CCn1c(NNC(=O)c2ccc(NC(=O)OC(C)(C)C)cc2)nc2ccccc2c1=O. The molecule has 31 heavy (non-hydrogen) atoms. The smallest absolute Gasteiger partial charge is 0.412 e. The number of para-hydroxylation sites is 1. The Labute approximate surface area is 179 Å². The molecule has 9 nitrogen and oxygen atoms in total. The van der Waals surface area contributed by atoms with Crippen LogP contribution in [0.1, 0.15) is 38.1 Å². The molecule has 3 aromatic rings. The minimum absolute atomic E-state index is 0.192. The summed E-state index contributed by atoms with van der Waals surface area (Å²) in [7, 11) is 0. The lowest BCUT2D eigenvalue weighted by atomic mass is 10.2. The Morgan fingerprint density at radius 3 is 2.39 bits per heavy atom. The van der Waals surface area contributed by atoms with Crippen LogP contribution in [0, 0.1) is 0 Å². The van der Waals surface area contributed by atoms with Crippen LogP contribution in [0.15, 0.2) is 53.3 Å². The number of nitrogens with one attached hydrogen (secondary N) is 3. The Kier molecular flexibility index (Phi) is 6.24. The first kappa shape index (κ1) is 21.8. The molecule has 0 aliphatic carbocycles. The number of ether oxygens (including phenoxy) is 1. The van der Waals surface area contributed by atoms with Crippen molar-refractivity contribution < 1.29 is 14.3 Å². The molecular weight excluding hydrogens is 398 g/mol. The van der Waals surface area contributed by atoms with Crippen LogP contribution in [0.3, 0.4) is 0 Å². The normalized spacial score (nSPS) is 11.1. The first-order valence-corrected chi connectivity index (χ1v) is 9.84. The van der Waals surface area contributed by atoms with Crippen molar-refractivity contribution in [2.24, 2.45) is 0 Å². The molecule has 0 aliphatic heterocycles. The van der Waals surface area contributed by atoms with Crippen molar-refractivity contribution in [1.82, 2.24) is 15.0 Å². The van der Waals surface area contributed by atoms with E-state index in [1.54, 1.807) is 69.3 Å². The second kappa shape index (κ2) is 8.86. The maximum Gasteiger partial charge on any atom is 0.412 e. The summed E-state index contributed by atoms with van der Waals surface area (Å²) in [6, 6.07) is 13.3. The molecule has 0 fully saturated rings. The van der Waals surface area contributed by atoms with Gasteiger partial charge in [-0.3, -0.25) is 30.3 Å². The van der Waals surface area contributed by atoms with Crippen LogP contribution in [0.4, 0.5) is 16.4 Å². The molecule has 0 saturated heterocycles. The zero-order valence-corrected chi connectivity index (χ0v) is 17.9. The van der Waals surface area contributed by atoms with Gasteiger partial charge in [0.1, 0.15) is 5.60 Å². The number of amides is 2. The molecule has 1 heterocycles. The predicted molar refractivity (Wildman–Crippen MR) is 119 cm³/mol. The molecule has 0 aliphatic rings. The topological polar surface area (TPSA) is 114 Å². The molecule has 0 bridgehead atoms. The van der Waals surface area contributed by atoms with Gasteiger partial charge >= 0.3 is 6.09 Å². The molecule has 1 aromatic heterocycles. The number of rotatable bonds is 5. The highest BCUT2D eigenvalue weighted by molar-refractivity contribution is 5.95. The van der Waals surface area contributed by atoms with E-state index in [1.165, 1.54) is 4.57 Å². The summed E-state index contributed by atoms with van der Waals surface area (Å²) in [6.07, 6.45) is -0.578. The number of fused-ring (bicyclic) bond motifs is 1. The number of hydrogen-bond acceptors (Lipinski definition) is 6. The monoisotopic (exact) mass is 423 g/mol. The zero-order chi connectivity index (χ0) is 22.6. The number of carbonyl (C=O) groups excluding carboxylic acids is 2. The minimum Gasteiger partial charge on any atom is -0.444 e. The Hall–Kier alpha value is -3.88. The van der Waals surface area contributed by atoms with Crippen molar-refractivity contribution in [2.75, 3.05) is 10.7 Å². The second-order valence-electron chi connectivity index (χ2n) is 7.79. The maximum absolute atomic E-state index is 12.6. The van der Waals surface area contributed by atoms with Gasteiger partial charge in [0.05, 0.1) is 10.9 Å². The molecule has 2 aromatic carbocycles. The molecular formula is C22H25N5O4. The van der Waals surface area contributed by atoms with Crippen molar-refractivity contribution >= 4 is 34.5 Å². The molecule has 2 amide bonds. The summed E-state index contributed by atoms with van der Waals surface area (Å²) in [5.41, 5.74) is 5.87. The van der Waals surface area contributed by atoms with E-state index in [1.807, 2.05) is 6.92 Å². The second-order valence-corrected chi connectivity index (χ2v) is 7.79. The molecule has 162 valence electrons. The molecule has 0 saturated carbocycles. The first-order valence-electron chi connectivity index (χ1n) is 9.84. The van der Waals surface area contributed by atoms with Gasteiger partial charge in [0.2, 0.25) is 5.95 Å². The highest BCUT2D eigenvalue weighted by Gasteiger charge is 2.16. The van der Waals surface area contributed by atoms with Crippen LogP contribution in [0.2, 0.25) is 0 Å². The van der Waals surface area contributed by atoms with Crippen molar-refractivity contribution in [2.45, 2.75) is 39.8 Å². The number of carbonyl (C=O) groups is 2. The summed E-state index contributed by atoms with van der Waals surface area (Å²) in [6.45, 7) is 7.53. The van der Waals surface area contributed by atoms with Crippen molar-refractivity contribution in [3.8, 4) is 0 Å². The highest BCUT2D eigenvalue weighted by Crippen LogP contribution is 2.14. The van der Waals surface area contributed by atoms with Crippen LogP contribution in [-0.2, 0) is 11.3 Å². The van der Waals surface area contributed by atoms with E-state index in [4.69, 9.17) is 4.74 Å². The van der Waals surface area contributed by atoms with Gasteiger partial charge in [-0.25, -0.2) is 9.78 Å². The van der Waals surface area contributed by atoms with E-state index < -0.39 is 17.6 Å². The van der Waals surface area contributed by atoms with Crippen LogP contribution < -0.4 is 21.7 Å². The highest BCUT2D eigenvalue weighted by atomic mass is 16.6. The molecule has 3 rings (SSSR count). The average Bonchev–Trinajstić information content (AvgIpc) is 2.71. The summed E-state index contributed by atoms with van der Waals surface area (Å²) in [5.74, 6) is -0.184. The fraction of sp³-hybridized carbons (Fsp3) is 0.273. The minimum atomic E-state index is -0.605. The van der Waals surface area contributed by atoms with E-state index in [0.717, 1.165) is 0 Å². The summed E-state index contributed by atoms with van der Waals surface area (Å²) in [4.78, 5) is 41.4. The standard InChI is InChI=1S/C22H25N5O4/c1-5-27-19(29)16-8-6-7-9-17(16)24-20(27)26-25-18(28)14-10-12-15(13-11-14)23-21(30)31-22(2,3)4/h6-13H,5H2,1-4H3,(H,23,30)(H,24,26)(H,25,28). The third-order valence-electron chi connectivity index (χ3n) is 4.26. The number of aromatic nitrogens is 2. The largest absolute Gasteiger partial charge is 0.444 e. The van der Waals surface area contributed by atoms with Gasteiger partial charge in [-0.15, -0.1) is 0 Å². The fourth-order valence-corrected chi connectivity index (χ4v) is 2.87. The predicted octanol–water partition coefficient (Wildman–Crippen LogP) is 3.52.